The number of nitriles is 1. The first-order chi connectivity index (χ1) is 8.13. The van der Waals surface area contributed by atoms with Crippen molar-refractivity contribution in [2.75, 3.05) is 6.61 Å². The Bertz CT molecular complexity index is 576. The number of hydrogen-bond acceptors (Lipinski definition) is 4. The fourth-order valence-corrected chi connectivity index (χ4v) is 2.57. The maximum absolute atomic E-state index is 13.7. The van der Waals surface area contributed by atoms with Gasteiger partial charge in [-0.15, -0.1) is 0 Å². The van der Waals surface area contributed by atoms with E-state index in [0.29, 0.717) is 30.6 Å². The van der Waals surface area contributed by atoms with E-state index in [1.165, 1.54) is 12.1 Å². The highest BCUT2D eigenvalue weighted by Gasteiger charge is 2.44. The van der Waals surface area contributed by atoms with Gasteiger partial charge >= 0.3 is 0 Å². The Morgan fingerprint density at radius 1 is 1.41 bits per heavy atom. The van der Waals surface area contributed by atoms with Crippen molar-refractivity contribution >= 4 is 6.02 Å². The third-order valence-corrected chi connectivity index (χ3v) is 3.34. The molecule has 0 saturated carbocycles. The third-order valence-electron chi connectivity index (χ3n) is 3.34. The van der Waals surface area contributed by atoms with Gasteiger partial charge in [-0.1, -0.05) is 0 Å². The highest BCUT2D eigenvalue weighted by Crippen LogP contribution is 2.38. The summed E-state index contributed by atoms with van der Waals surface area (Å²) in [5.74, 6) is -0.281. The van der Waals surface area contributed by atoms with Gasteiger partial charge < -0.3 is 10.5 Å². The van der Waals surface area contributed by atoms with Crippen molar-refractivity contribution < 1.29 is 9.13 Å². The maximum Gasteiger partial charge on any atom is 0.282 e. The summed E-state index contributed by atoms with van der Waals surface area (Å²) in [7, 11) is 0. The van der Waals surface area contributed by atoms with Crippen molar-refractivity contribution in [2.45, 2.75) is 18.4 Å². The molecule has 3 rings (SSSR count). The van der Waals surface area contributed by atoms with Crippen molar-refractivity contribution in [1.29, 1.82) is 5.26 Å². The van der Waals surface area contributed by atoms with E-state index in [-0.39, 0.29) is 11.8 Å². The molecule has 4 nitrogen and oxygen atoms in total. The third kappa shape index (κ3) is 1.37. The zero-order valence-electron chi connectivity index (χ0n) is 9.03. The normalized spacial score (nSPS) is 25.3. The van der Waals surface area contributed by atoms with Gasteiger partial charge in [0, 0.05) is 12.8 Å². The molecular formula is C12H10FN3O. The molecule has 1 atom stereocenters. The minimum atomic E-state index is -0.500. The molecule has 1 unspecified atom stereocenters. The molecule has 1 aliphatic heterocycles. The Morgan fingerprint density at radius 3 is 2.82 bits per heavy atom. The number of aliphatic imine (C=N–C) groups is 1. The van der Waals surface area contributed by atoms with Crippen LogP contribution in [0.3, 0.4) is 0 Å². The minimum Gasteiger partial charge on any atom is -0.463 e. The molecule has 1 aromatic carbocycles. The van der Waals surface area contributed by atoms with Gasteiger partial charge in [0.05, 0.1) is 11.6 Å². The zero-order valence-corrected chi connectivity index (χ0v) is 9.03. The first-order valence-electron chi connectivity index (χ1n) is 5.32. The number of halogens is 1. The molecule has 2 N–H and O–H groups in total. The van der Waals surface area contributed by atoms with E-state index >= 15 is 0 Å². The van der Waals surface area contributed by atoms with Gasteiger partial charge in [-0.25, -0.2) is 9.38 Å². The Labute approximate surface area is 97.5 Å². The van der Waals surface area contributed by atoms with Gasteiger partial charge in [0.15, 0.2) is 0 Å². The molecule has 0 bridgehead atoms. The van der Waals surface area contributed by atoms with Gasteiger partial charge in [-0.2, -0.15) is 5.26 Å². The van der Waals surface area contributed by atoms with Crippen molar-refractivity contribution in [3.63, 3.8) is 0 Å². The number of rotatable bonds is 0. The molecule has 1 aromatic rings. The number of benzene rings is 1. The number of ether oxygens (including phenoxy) is 1. The van der Waals surface area contributed by atoms with Gasteiger partial charge in [-0.3, -0.25) is 0 Å². The molecule has 17 heavy (non-hydrogen) atoms. The summed E-state index contributed by atoms with van der Waals surface area (Å²) in [5.41, 5.74) is 6.83. The summed E-state index contributed by atoms with van der Waals surface area (Å²) < 4.78 is 18.9. The average molecular weight is 231 g/mol. The van der Waals surface area contributed by atoms with E-state index < -0.39 is 5.54 Å². The largest absolute Gasteiger partial charge is 0.463 e. The van der Waals surface area contributed by atoms with Crippen molar-refractivity contribution in [2.24, 2.45) is 10.7 Å². The van der Waals surface area contributed by atoms with E-state index in [1.54, 1.807) is 0 Å². The smallest absolute Gasteiger partial charge is 0.282 e. The quantitative estimate of drug-likeness (QED) is 0.720. The summed E-state index contributed by atoms with van der Waals surface area (Å²) in [4.78, 5) is 4.25. The predicted molar refractivity (Wildman–Crippen MR) is 58.8 cm³/mol. The maximum atomic E-state index is 13.7. The van der Waals surface area contributed by atoms with Crippen molar-refractivity contribution in [3.8, 4) is 6.07 Å². The number of hydrogen-bond donors (Lipinski definition) is 1. The van der Waals surface area contributed by atoms with Crippen LogP contribution >= 0.6 is 0 Å². The molecule has 0 radical (unpaired) electrons. The zero-order chi connectivity index (χ0) is 12.0. The van der Waals surface area contributed by atoms with E-state index in [9.17, 15) is 4.39 Å². The average Bonchev–Trinajstić information content (AvgIpc) is 2.84. The second-order valence-electron chi connectivity index (χ2n) is 4.48. The first kappa shape index (κ1) is 10.1. The van der Waals surface area contributed by atoms with Gasteiger partial charge in [-0.05, 0) is 23.3 Å². The predicted octanol–water partition coefficient (Wildman–Crippen LogP) is 0.880. The summed E-state index contributed by atoms with van der Waals surface area (Å²) in [6.45, 7) is 0.359. The fourth-order valence-electron chi connectivity index (χ4n) is 2.57. The highest BCUT2D eigenvalue weighted by molar-refractivity contribution is 5.74. The molecule has 0 saturated heterocycles. The topological polar surface area (TPSA) is 71.4 Å². The highest BCUT2D eigenvalue weighted by atomic mass is 19.1. The van der Waals surface area contributed by atoms with E-state index in [1.807, 2.05) is 0 Å². The molecule has 0 aromatic heterocycles. The molecule has 0 fully saturated rings. The molecule has 1 spiro atoms. The number of amidine groups is 1. The Hall–Kier alpha value is -2.09. The van der Waals surface area contributed by atoms with E-state index in [2.05, 4.69) is 11.1 Å². The van der Waals surface area contributed by atoms with Crippen LogP contribution in [0.1, 0.15) is 16.7 Å². The second kappa shape index (κ2) is 3.20. The van der Waals surface area contributed by atoms with Crippen molar-refractivity contribution in [1.82, 2.24) is 0 Å². The number of fused-ring (bicyclic) bond motifs is 1. The van der Waals surface area contributed by atoms with E-state index in [0.717, 1.165) is 5.56 Å². The van der Waals surface area contributed by atoms with Gasteiger partial charge in [0.2, 0.25) is 0 Å². The van der Waals surface area contributed by atoms with Crippen LogP contribution in [0.2, 0.25) is 0 Å². The molecule has 86 valence electrons. The summed E-state index contributed by atoms with van der Waals surface area (Å²) in [5, 5.41) is 9.01. The van der Waals surface area contributed by atoms with Crippen LogP contribution in [0.5, 0.6) is 0 Å². The molecule has 2 aliphatic rings. The van der Waals surface area contributed by atoms with Crippen LogP contribution in [0.25, 0.3) is 0 Å². The van der Waals surface area contributed by atoms with Crippen LogP contribution < -0.4 is 5.73 Å². The molecular weight excluding hydrogens is 221 g/mol. The lowest BCUT2D eigenvalue weighted by Gasteiger charge is -2.15. The monoisotopic (exact) mass is 231 g/mol. The molecule has 0 amide bonds. The molecule has 1 aliphatic carbocycles. The molecule has 1 heterocycles. The number of nitrogens with zero attached hydrogens (tertiary/aromatic N) is 2. The number of nitrogens with two attached hydrogens (primary N) is 1. The van der Waals surface area contributed by atoms with Crippen LogP contribution in [0.15, 0.2) is 17.1 Å². The lowest BCUT2D eigenvalue weighted by Crippen LogP contribution is -2.28. The van der Waals surface area contributed by atoms with Gasteiger partial charge in [0.25, 0.3) is 6.02 Å². The van der Waals surface area contributed by atoms with Crippen LogP contribution in [-0.2, 0) is 17.6 Å². The van der Waals surface area contributed by atoms with E-state index in [4.69, 9.17) is 15.7 Å². The van der Waals surface area contributed by atoms with Crippen LogP contribution in [0.4, 0.5) is 4.39 Å². The van der Waals surface area contributed by atoms with Crippen LogP contribution in [-0.4, -0.2) is 18.2 Å². The first-order valence-corrected chi connectivity index (χ1v) is 5.32. The Balaban J connectivity index is 2.10. The van der Waals surface area contributed by atoms with Crippen LogP contribution in [0, 0.1) is 17.1 Å². The summed E-state index contributed by atoms with van der Waals surface area (Å²) in [6, 6.07) is 5.08. The fraction of sp³-hybridized carbons (Fsp3) is 0.333. The minimum absolute atomic E-state index is 0.150. The lowest BCUT2D eigenvalue weighted by atomic mass is 9.98. The summed E-state index contributed by atoms with van der Waals surface area (Å²) in [6.07, 6.45) is 0.966. The Kier molecular flexibility index (Phi) is 1.90. The summed E-state index contributed by atoms with van der Waals surface area (Å²) >= 11 is 0. The molecule has 5 heteroatoms. The SMILES string of the molecule is N#Cc1ccc(F)c2c1CC1(COC(N)=N1)C2. The second-order valence-corrected chi connectivity index (χ2v) is 4.48. The van der Waals surface area contributed by atoms with Gasteiger partial charge in [0.1, 0.15) is 18.0 Å². The lowest BCUT2D eigenvalue weighted by molar-refractivity contribution is 0.257. The standard InChI is InChI=1S/C12H10FN3O/c13-10-2-1-7(5-14)8-3-12(4-9(8)10)6-17-11(15)16-12/h1-2H,3-4,6H2,(H2,15,16). The van der Waals surface area contributed by atoms with Crippen molar-refractivity contribution in [3.05, 3.63) is 34.6 Å². The Morgan fingerprint density at radius 2 is 2.18 bits per heavy atom.